The summed E-state index contributed by atoms with van der Waals surface area (Å²) in [5.41, 5.74) is 2.05. The Morgan fingerprint density at radius 1 is 1.18 bits per heavy atom. The van der Waals surface area contributed by atoms with Crippen LogP contribution in [-0.2, 0) is 10.5 Å². The van der Waals surface area contributed by atoms with Gasteiger partial charge in [-0.25, -0.2) is 4.39 Å². The number of ether oxygens (including phenoxy) is 1. The van der Waals surface area contributed by atoms with Crippen LogP contribution in [0.3, 0.4) is 0 Å². The minimum Gasteiger partial charge on any atom is -0.483 e. The zero-order chi connectivity index (χ0) is 19.9. The highest BCUT2D eigenvalue weighted by molar-refractivity contribution is 8.00. The Morgan fingerprint density at radius 3 is 2.68 bits per heavy atom. The first-order valence-electron chi connectivity index (χ1n) is 8.73. The smallest absolute Gasteiger partial charge is 0.264 e. The van der Waals surface area contributed by atoms with E-state index in [9.17, 15) is 9.18 Å². The molecule has 0 spiro atoms. The molecule has 0 bridgehead atoms. The molecule has 5 nitrogen and oxygen atoms in total. The van der Waals surface area contributed by atoms with E-state index >= 15 is 0 Å². The molecule has 0 saturated heterocycles. The quantitative estimate of drug-likeness (QED) is 0.408. The Bertz CT molecular complexity index is 929. The minimum absolute atomic E-state index is 0.0959. The fraction of sp³-hybridized carbons (Fsp3) is 0.250. The highest BCUT2D eigenvalue weighted by Gasteiger charge is 2.12. The van der Waals surface area contributed by atoms with Crippen LogP contribution in [0.4, 0.5) is 9.52 Å². The number of nitrogens with zero attached hydrogens (tertiary/aromatic N) is 2. The topological polar surface area (TPSA) is 64.1 Å². The highest BCUT2D eigenvalue weighted by atomic mass is 32.2. The Balaban J connectivity index is 1.49. The number of hydrogen-bond acceptors (Lipinski definition) is 6. The largest absolute Gasteiger partial charge is 0.483 e. The molecule has 2 aromatic carbocycles. The average molecular weight is 418 g/mol. The summed E-state index contributed by atoms with van der Waals surface area (Å²) in [5.74, 6) is 1.12. The van der Waals surface area contributed by atoms with Crippen LogP contribution in [0.2, 0.25) is 0 Å². The number of carbonyl (C=O) groups is 1. The van der Waals surface area contributed by atoms with Crippen molar-refractivity contribution < 1.29 is 13.9 Å². The monoisotopic (exact) mass is 417 g/mol. The van der Waals surface area contributed by atoms with Crippen LogP contribution in [0.1, 0.15) is 30.9 Å². The van der Waals surface area contributed by atoms with Crippen LogP contribution >= 0.6 is 23.1 Å². The second kappa shape index (κ2) is 9.66. The maximum atomic E-state index is 12.9. The number of para-hydroxylation sites is 1. The van der Waals surface area contributed by atoms with Gasteiger partial charge in [-0.1, -0.05) is 67.3 Å². The Hall–Kier alpha value is -2.45. The number of hydrogen-bond donors (Lipinski definition) is 1. The molecule has 1 amide bonds. The van der Waals surface area contributed by atoms with E-state index in [1.807, 2.05) is 24.3 Å². The lowest BCUT2D eigenvalue weighted by atomic mass is 10.0. The summed E-state index contributed by atoms with van der Waals surface area (Å²) in [4.78, 5) is 12.1. The van der Waals surface area contributed by atoms with Gasteiger partial charge in [0.05, 0.1) is 0 Å². The summed E-state index contributed by atoms with van der Waals surface area (Å²) in [7, 11) is 0. The van der Waals surface area contributed by atoms with Crippen molar-refractivity contribution in [3.05, 3.63) is 65.5 Å². The predicted octanol–water partition coefficient (Wildman–Crippen LogP) is 5.11. The van der Waals surface area contributed by atoms with Crippen LogP contribution in [0.25, 0.3) is 0 Å². The van der Waals surface area contributed by atoms with Gasteiger partial charge in [-0.3, -0.25) is 10.1 Å². The van der Waals surface area contributed by atoms with Crippen molar-refractivity contribution in [1.29, 1.82) is 0 Å². The van der Waals surface area contributed by atoms with Gasteiger partial charge in [-0.2, -0.15) is 0 Å². The number of amides is 1. The van der Waals surface area contributed by atoms with Gasteiger partial charge in [-0.05, 0) is 35.2 Å². The lowest BCUT2D eigenvalue weighted by Gasteiger charge is -2.13. The molecule has 0 aliphatic carbocycles. The molecule has 0 radical (unpaired) electrons. The minimum atomic E-state index is -0.287. The molecule has 3 rings (SSSR count). The maximum Gasteiger partial charge on any atom is 0.264 e. The van der Waals surface area contributed by atoms with Gasteiger partial charge in [-0.15, -0.1) is 10.2 Å². The summed E-state index contributed by atoms with van der Waals surface area (Å²) in [5, 5.41) is 11.2. The molecule has 0 aliphatic rings. The van der Waals surface area contributed by atoms with E-state index in [0.29, 0.717) is 22.6 Å². The second-order valence-corrected chi connectivity index (χ2v) is 8.52. The molecule has 1 N–H and O–H groups in total. The van der Waals surface area contributed by atoms with Crippen molar-refractivity contribution in [2.75, 3.05) is 11.9 Å². The van der Waals surface area contributed by atoms with E-state index < -0.39 is 0 Å². The molecular formula is C20H20FN3O2S2. The third-order valence-electron chi connectivity index (χ3n) is 3.83. The number of benzene rings is 2. The Kier molecular flexibility index (Phi) is 7.00. The van der Waals surface area contributed by atoms with Crippen molar-refractivity contribution in [2.24, 2.45) is 0 Å². The van der Waals surface area contributed by atoms with E-state index in [2.05, 4.69) is 29.4 Å². The number of halogens is 1. The van der Waals surface area contributed by atoms with Gasteiger partial charge in [0.15, 0.2) is 10.9 Å². The van der Waals surface area contributed by atoms with E-state index in [-0.39, 0.29) is 18.3 Å². The average Bonchev–Trinajstić information content (AvgIpc) is 3.13. The highest BCUT2D eigenvalue weighted by Crippen LogP contribution is 2.29. The van der Waals surface area contributed by atoms with Gasteiger partial charge in [0.2, 0.25) is 5.13 Å². The lowest BCUT2D eigenvalue weighted by Crippen LogP contribution is -2.20. The second-order valence-electron chi connectivity index (χ2n) is 6.32. The first kappa shape index (κ1) is 20.3. The number of carbonyl (C=O) groups excluding carboxylic acids is 1. The molecule has 0 unspecified atom stereocenters. The van der Waals surface area contributed by atoms with Crippen molar-refractivity contribution >= 4 is 34.1 Å². The van der Waals surface area contributed by atoms with Crippen molar-refractivity contribution in [3.63, 3.8) is 0 Å². The molecule has 28 heavy (non-hydrogen) atoms. The van der Waals surface area contributed by atoms with Crippen molar-refractivity contribution in [3.8, 4) is 5.75 Å². The lowest BCUT2D eigenvalue weighted by molar-refractivity contribution is -0.118. The van der Waals surface area contributed by atoms with Crippen LogP contribution in [0, 0.1) is 5.82 Å². The molecule has 0 aliphatic heterocycles. The number of rotatable bonds is 8. The zero-order valence-corrected chi connectivity index (χ0v) is 17.1. The fourth-order valence-corrected chi connectivity index (χ4v) is 4.16. The van der Waals surface area contributed by atoms with E-state index in [1.165, 1.54) is 35.2 Å². The number of anilines is 1. The summed E-state index contributed by atoms with van der Waals surface area (Å²) in [6.45, 7) is 4.06. The molecule has 0 fully saturated rings. The van der Waals surface area contributed by atoms with Crippen LogP contribution < -0.4 is 10.1 Å². The normalized spacial score (nSPS) is 10.9. The molecule has 8 heteroatoms. The van der Waals surface area contributed by atoms with Gasteiger partial charge < -0.3 is 4.74 Å². The molecule has 1 aromatic heterocycles. The third kappa shape index (κ3) is 5.77. The van der Waals surface area contributed by atoms with E-state index in [0.717, 1.165) is 15.5 Å². The van der Waals surface area contributed by atoms with E-state index in [4.69, 9.17) is 4.74 Å². The van der Waals surface area contributed by atoms with Gasteiger partial charge in [0.1, 0.15) is 11.6 Å². The number of aromatic nitrogens is 2. The fourth-order valence-electron chi connectivity index (χ4n) is 2.43. The van der Waals surface area contributed by atoms with E-state index in [1.54, 1.807) is 12.1 Å². The molecule has 3 aromatic rings. The number of thioether (sulfide) groups is 1. The van der Waals surface area contributed by atoms with Crippen molar-refractivity contribution in [1.82, 2.24) is 10.2 Å². The van der Waals surface area contributed by atoms with Crippen LogP contribution in [0.5, 0.6) is 5.75 Å². The Morgan fingerprint density at radius 2 is 1.93 bits per heavy atom. The molecule has 0 atom stereocenters. The summed E-state index contributed by atoms with van der Waals surface area (Å²) < 4.78 is 19.3. The first-order chi connectivity index (χ1) is 13.5. The standard InChI is InChI=1S/C20H20FN3O2S2/c1-13(2)16-5-3-4-6-17(16)26-11-18(25)22-19-23-24-20(28-19)27-12-14-7-9-15(21)10-8-14/h3-10,13H,11-12H2,1-2H3,(H,22,23,25). The first-order valence-corrected chi connectivity index (χ1v) is 10.5. The molecule has 146 valence electrons. The van der Waals surface area contributed by atoms with Gasteiger partial charge in [0.25, 0.3) is 5.91 Å². The predicted molar refractivity (Wildman–Crippen MR) is 111 cm³/mol. The third-order valence-corrected chi connectivity index (χ3v) is 5.87. The SMILES string of the molecule is CC(C)c1ccccc1OCC(=O)Nc1nnc(SCc2ccc(F)cc2)s1. The van der Waals surface area contributed by atoms with Crippen molar-refractivity contribution in [2.45, 2.75) is 29.9 Å². The van der Waals surface area contributed by atoms with Gasteiger partial charge in [0, 0.05) is 5.75 Å². The van der Waals surface area contributed by atoms with Crippen LogP contribution in [0.15, 0.2) is 52.9 Å². The summed E-state index contributed by atoms with van der Waals surface area (Å²) >= 11 is 2.78. The van der Waals surface area contributed by atoms with Gasteiger partial charge >= 0.3 is 0 Å². The zero-order valence-electron chi connectivity index (χ0n) is 15.5. The maximum absolute atomic E-state index is 12.9. The number of nitrogens with one attached hydrogen (secondary N) is 1. The molecular weight excluding hydrogens is 397 g/mol. The molecule has 0 saturated carbocycles. The molecule has 1 heterocycles. The summed E-state index contributed by atoms with van der Waals surface area (Å²) in [6.07, 6.45) is 0. The Labute approximate surface area is 171 Å². The summed E-state index contributed by atoms with van der Waals surface area (Å²) in [6, 6.07) is 14.0. The van der Waals surface area contributed by atoms with Crippen LogP contribution in [-0.4, -0.2) is 22.7 Å².